The molecule has 1 aliphatic heterocycles. The van der Waals surface area contributed by atoms with Crippen molar-refractivity contribution in [3.05, 3.63) is 11.5 Å². The highest BCUT2D eigenvalue weighted by Gasteiger charge is 2.25. The standard InChI is InChI=1S/C13H18ClN5/c1-13(2)4-3-6-19(7-5-13)11-9-8-15-18-10(9)16-12(14)17-11/h8H,3-7H2,1-2H3,(H,15,16,17,18). The molecule has 3 rings (SSSR count). The highest BCUT2D eigenvalue weighted by atomic mass is 35.5. The van der Waals surface area contributed by atoms with Crippen LogP contribution in [0.4, 0.5) is 5.82 Å². The van der Waals surface area contributed by atoms with E-state index in [1.807, 2.05) is 0 Å². The van der Waals surface area contributed by atoms with Gasteiger partial charge in [0.15, 0.2) is 5.65 Å². The number of nitrogens with zero attached hydrogens (tertiary/aromatic N) is 4. The minimum absolute atomic E-state index is 0.273. The number of hydrogen-bond acceptors (Lipinski definition) is 4. The van der Waals surface area contributed by atoms with Gasteiger partial charge in [0.1, 0.15) is 5.82 Å². The van der Waals surface area contributed by atoms with Crippen molar-refractivity contribution in [3.63, 3.8) is 0 Å². The van der Waals surface area contributed by atoms with Crippen LogP contribution >= 0.6 is 11.6 Å². The number of aromatic nitrogens is 4. The lowest BCUT2D eigenvalue weighted by molar-refractivity contribution is 0.325. The second kappa shape index (κ2) is 4.63. The fourth-order valence-electron chi connectivity index (χ4n) is 2.67. The molecule has 0 atom stereocenters. The molecule has 0 amide bonds. The first-order valence-corrected chi connectivity index (χ1v) is 7.05. The maximum Gasteiger partial charge on any atom is 0.226 e. The highest BCUT2D eigenvalue weighted by molar-refractivity contribution is 6.28. The summed E-state index contributed by atoms with van der Waals surface area (Å²) in [4.78, 5) is 10.9. The molecular formula is C13H18ClN5. The van der Waals surface area contributed by atoms with Gasteiger partial charge < -0.3 is 4.90 Å². The first-order valence-electron chi connectivity index (χ1n) is 6.67. The summed E-state index contributed by atoms with van der Waals surface area (Å²) < 4.78 is 0. The van der Waals surface area contributed by atoms with Crippen LogP contribution in [-0.4, -0.2) is 33.3 Å². The Kier molecular flexibility index (Phi) is 3.09. The number of anilines is 1. The quantitative estimate of drug-likeness (QED) is 0.815. The molecule has 19 heavy (non-hydrogen) atoms. The van der Waals surface area contributed by atoms with Crippen molar-refractivity contribution < 1.29 is 0 Å². The van der Waals surface area contributed by atoms with E-state index in [1.165, 1.54) is 12.8 Å². The van der Waals surface area contributed by atoms with E-state index in [-0.39, 0.29) is 5.28 Å². The van der Waals surface area contributed by atoms with Gasteiger partial charge in [-0.3, -0.25) is 5.10 Å². The molecule has 6 heteroatoms. The lowest BCUT2D eigenvalue weighted by Crippen LogP contribution is -2.26. The van der Waals surface area contributed by atoms with Crippen LogP contribution in [0.25, 0.3) is 11.0 Å². The smallest absolute Gasteiger partial charge is 0.226 e. The van der Waals surface area contributed by atoms with Crippen molar-refractivity contribution in [2.24, 2.45) is 5.41 Å². The molecule has 0 saturated carbocycles. The fourth-order valence-corrected chi connectivity index (χ4v) is 2.83. The summed E-state index contributed by atoms with van der Waals surface area (Å²) in [7, 11) is 0. The maximum atomic E-state index is 6.00. The number of rotatable bonds is 1. The maximum absolute atomic E-state index is 6.00. The number of nitrogens with one attached hydrogen (secondary N) is 1. The number of hydrogen-bond donors (Lipinski definition) is 1. The monoisotopic (exact) mass is 279 g/mol. The third kappa shape index (κ3) is 2.52. The van der Waals surface area contributed by atoms with Gasteiger partial charge in [0.05, 0.1) is 11.6 Å². The number of fused-ring (bicyclic) bond motifs is 1. The average Bonchev–Trinajstić information content (AvgIpc) is 2.72. The second-order valence-electron chi connectivity index (χ2n) is 5.95. The first kappa shape index (κ1) is 12.7. The molecule has 1 N–H and O–H groups in total. The SMILES string of the molecule is CC1(C)CCCN(c2nc(Cl)nc3[nH]ncc23)CC1. The Hall–Kier alpha value is -1.36. The topological polar surface area (TPSA) is 57.7 Å². The van der Waals surface area contributed by atoms with Gasteiger partial charge in [-0.2, -0.15) is 15.1 Å². The lowest BCUT2D eigenvalue weighted by atomic mass is 9.85. The summed E-state index contributed by atoms with van der Waals surface area (Å²) in [6.45, 7) is 6.67. The largest absolute Gasteiger partial charge is 0.356 e. The lowest BCUT2D eigenvalue weighted by Gasteiger charge is -2.24. The van der Waals surface area contributed by atoms with Crippen LogP contribution in [0.1, 0.15) is 33.1 Å². The van der Waals surface area contributed by atoms with Crippen LogP contribution in [0.5, 0.6) is 0 Å². The Morgan fingerprint density at radius 3 is 2.95 bits per heavy atom. The molecule has 0 radical (unpaired) electrons. The van der Waals surface area contributed by atoms with Crippen molar-refractivity contribution in [1.29, 1.82) is 0 Å². The van der Waals surface area contributed by atoms with Crippen molar-refractivity contribution >= 4 is 28.5 Å². The number of aromatic amines is 1. The summed E-state index contributed by atoms with van der Waals surface area (Å²) in [6, 6.07) is 0. The van der Waals surface area contributed by atoms with Crippen LogP contribution in [-0.2, 0) is 0 Å². The second-order valence-corrected chi connectivity index (χ2v) is 6.29. The molecule has 2 aromatic rings. The van der Waals surface area contributed by atoms with Gasteiger partial charge >= 0.3 is 0 Å². The average molecular weight is 280 g/mol. The molecule has 0 aliphatic carbocycles. The van der Waals surface area contributed by atoms with E-state index in [2.05, 4.69) is 38.9 Å². The zero-order valence-electron chi connectivity index (χ0n) is 11.3. The Labute approximate surface area is 117 Å². The van der Waals surface area contributed by atoms with Crippen molar-refractivity contribution in [1.82, 2.24) is 20.2 Å². The molecule has 2 aromatic heterocycles. The number of halogens is 1. The zero-order valence-corrected chi connectivity index (χ0v) is 12.0. The van der Waals surface area contributed by atoms with E-state index in [0.717, 1.165) is 30.7 Å². The summed E-state index contributed by atoms with van der Waals surface area (Å²) in [5.74, 6) is 0.904. The first-order chi connectivity index (χ1) is 9.05. The van der Waals surface area contributed by atoms with E-state index in [0.29, 0.717) is 11.1 Å². The van der Waals surface area contributed by atoms with E-state index in [9.17, 15) is 0 Å². The van der Waals surface area contributed by atoms with Crippen molar-refractivity contribution in [2.75, 3.05) is 18.0 Å². The minimum Gasteiger partial charge on any atom is -0.356 e. The normalized spacial score (nSPS) is 19.6. The van der Waals surface area contributed by atoms with E-state index in [4.69, 9.17) is 11.6 Å². The molecule has 1 aliphatic rings. The third-order valence-corrected chi connectivity index (χ3v) is 4.07. The fraction of sp³-hybridized carbons (Fsp3) is 0.615. The Morgan fingerprint density at radius 2 is 2.11 bits per heavy atom. The zero-order chi connectivity index (χ0) is 13.5. The van der Waals surface area contributed by atoms with Crippen molar-refractivity contribution in [3.8, 4) is 0 Å². The molecule has 5 nitrogen and oxygen atoms in total. The molecular weight excluding hydrogens is 262 g/mol. The molecule has 3 heterocycles. The van der Waals surface area contributed by atoms with Crippen LogP contribution < -0.4 is 4.90 Å². The molecule has 1 saturated heterocycles. The molecule has 0 unspecified atom stereocenters. The Bertz CT molecular complexity index is 592. The van der Waals surface area contributed by atoms with E-state index >= 15 is 0 Å². The third-order valence-electron chi connectivity index (χ3n) is 3.90. The molecule has 0 spiro atoms. The summed E-state index contributed by atoms with van der Waals surface area (Å²) in [5, 5.41) is 8.12. The van der Waals surface area contributed by atoms with E-state index in [1.54, 1.807) is 6.20 Å². The Morgan fingerprint density at radius 1 is 1.26 bits per heavy atom. The van der Waals surface area contributed by atoms with Gasteiger partial charge in [-0.15, -0.1) is 0 Å². The Balaban J connectivity index is 1.97. The molecule has 102 valence electrons. The van der Waals surface area contributed by atoms with Gasteiger partial charge in [0.2, 0.25) is 5.28 Å². The van der Waals surface area contributed by atoms with Crippen LogP contribution in [0.15, 0.2) is 6.20 Å². The van der Waals surface area contributed by atoms with Crippen molar-refractivity contribution in [2.45, 2.75) is 33.1 Å². The summed E-state index contributed by atoms with van der Waals surface area (Å²) in [5.41, 5.74) is 1.11. The van der Waals surface area contributed by atoms with Gasteiger partial charge in [0, 0.05) is 13.1 Å². The van der Waals surface area contributed by atoms with E-state index < -0.39 is 0 Å². The van der Waals surface area contributed by atoms with Gasteiger partial charge in [-0.1, -0.05) is 13.8 Å². The molecule has 0 aromatic carbocycles. The van der Waals surface area contributed by atoms with Crippen LogP contribution in [0.3, 0.4) is 0 Å². The predicted octanol–water partition coefficient (Wildman–Crippen LogP) is 3.02. The predicted molar refractivity (Wildman–Crippen MR) is 76.5 cm³/mol. The van der Waals surface area contributed by atoms with Gasteiger partial charge in [0.25, 0.3) is 0 Å². The molecule has 0 bridgehead atoms. The van der Waals surface area contributed by atoms with Crippen LogP contribution in [0, 0.1) is 5.41 Å². The van der Waals surface area contributed by atoms with Crippen LogP contribution in [0.2, 0.25) is 5.28 Å². The van der Waals surface area contributed by atoms with Gasteiger partial charge in [-0.05, 0) is 36.3 Å². The highest BCUT2D eigenvalue weighted by Crippen LogP contribution is 2.33. The number of H-pyrrole nitrogens is 1. The molecule has 1 fully saturated rings. The summed E-state index contributed by atoms with van der Waals surface area (Å²) in [6.07, 6.45) is 5.36. The minimum atomic E-state index is 0.273. The van der Waals surface area contributed by atoms with Gasteiger partial charge in [-0.25, -0.2) is 0 Å². The summed E-state index contributed by atoms with van der Waals surface area (Å²) >= 11 is 6.00.